The fraction of sp³-hybridized carbons (Fsp3) is 0.107. The molecule has 1 aliphatic rings. The van der Waals surface area contributed by atoms with Gasteiger partial charge in [0.15, 0.2) is 5.78 Å². The Kier molecular flexibility index (Phi) is 7.06. The molecule has 2 heterocycles. The molecule has 0 radical (unpaired) electrons. The Bertz CT molecular complexity index is 1480. The maximum absolute atomic E-state index is 13.0. The minimum absolute atomic E-state index is 0.289. The third kappa shape index (κ3) is 5.15. The fourth-order valence-electron chi connectivity index (χ4n) is 4.00. The normalized spacial score (nSPS) is 14.7. The molecule has 0 bridgehead atoms. The number of carbonyl (C=O) groups is 3. The number of fused-ring (bicyclic) bond motifs is 1. The van der Waals surface area contributed by atoms with Crippen LogP contribution in [0.5, 0.6) is 5.75 Å². The molecule has 2 amide bonds. The standard InChI is InChI=1S/C28H21BrN2O4S/c29-21-12-10-19(11-13-21)25(32)18-31-27(33)26(36-28(31)34)16-20-17-30(24-9-5-4-8-23(20)24)14-15-35-22-6-2-1-3-7-22/h1-13,16-17H,14-15,18H2/b26-16-. The second-order valence-corrected chi connectivity index (χ2v) is 10.1. The van der Waals surface area contributed by atoms with E-state index in [1.165, 1.54) is 0 Å². The number of rotatable bonds is 8. The Morgan fingerprint density at radius 1 is 0.944 bits per heavy atom. The molecule has 0 atom stereocenters. The lowest BCUT2D eigenvalue weighted by molar-refractivity contribution is -0.122. The number of aromatic nitrogens is 1. The number of nitrogens with zero attached hydrogens (tertiary/aromatic N) is 2. The van der Waals surface area contributed by atoms with E-state index in [9.17, 15) is 14.4 Å². The highest BCUT2D eigenvalue weighted by Gasteiger charge is 2.36. The van der Waals surface area contributed by atoms with Crippen molar-refractivity contribution in [3.05, 3.63) is 106 Å². The van der Waals surface area contributed by atoms with Crippen LogP contribution >= 0.6 is 27.7 Å². The van der Waals surface area contributed by atoms with Crippen LogP contribution in [0.4, 0.5) is 4.79 Å². The predicted molar refractivity (Wildman–Crippen MR) is 145 cm³/mol. The number of imide groups is 1. The van der Waals surface area contributed by atoms with E-state index in [-0.39, 0.29) is 12.3 Å². The number of Topliss-reactive ketones (excluding diaryl/α,β-unsaturated/α-hetero) is 1. The monoisotopic (exact) mass is 560 g/mol. The van der Waals surface area contributed by atoms with Crippen molar-refractivity contribution in [3.8, 4) is 5.75 Å². The van der Waals surface area contributed by atoms with Gasteiger partial charge in [0.25, 0.3) is 11.1 Å². The highest BCUT2D eigenvalue weighted by Crippen LogP contribution is 2.34. The topological polar surface area (TPSA) is 68.6 Å². The molecule has 4 aromatic rings. The summed E-state index contributed by atoms with van der Waals surface area (Å²) in [6.45, 7) is 0.811. The Labute approximate surface area is 220 Å². The Hall–Kier alpha value is -3.62. The van der Waals surface area contributed by atoms with E-state index >= 15 is 0 Å². The van der Waals surface area contributed by atoms with E-state index in [0.29, 0.717) is 23.6 Å². The van der Waals surface area contributed by atoms with Crippen molar-refractivity contribution in [1.29, 1.82) is 0 Å². The van der Waals surface area contributed by atoms with Gasteiger partial charge < -0.3 is 9.30 Å². The SMILES string of the molecule is O=C(CN1C(=O)S/C(=C\c2cn(CCOc3ccccc3)c3ccccc23)C1=O)c1ccc(Br)cc1. The molecule has 0 saturated carbocycles. The summed E-state index contributed by atoms with van der Waals surface area (Å²) >= 11 is 4.19. The number of benzene rings is 3. The van der Waals surface area contributed by atoms with Crippen LogP contribution in [0.3, 0.4) is 0 Å². The minimum atomic E-state index is -0.459. The van der Waals surface area contributed by atoms with Crippen molar-refractivity contribution >= 4 is 61.6 Å². The lowest BCUT2D eigenvalue weighted by Crippen LogP contribution is -2.33. The smallest absolute Gasteiger partial charge is 0.293 e. The average molecular weight is 561 g/mol. The van der Waals surface area contributed by atoms with Crippen molar-refractivity contribution in [1.82, 2.24) is 9.47 Å². The first-order valence-corrected chi connectivity index (χ1v) is 12.9. The van der Waals surface area contributed by atoms with Crippen molar-refractivity contribution in [2.75, 3.05) is 13.2 Å². The molecule has 1 fully saturated rings. The molecule has 0 unspecified atom stereocenters. The minimum Gasteiger partial charge on any atom is -0.492 e. The number of hydrogen-bond donors (Lipinski definition) is 0. The molecular weight excluding hydrogens is 540 g/mol. The number of para-hydroxylation sites is 2. The van der Waals surface area contributed by atoms with Gasteiger partial charge in [-0.2, -0.15) is 0 Å². The molecule has 0 spiro atoms. The summed E-state index contributed by atoms with van der Waals surface area (Å²) in [5.74, 6) is 0.0568. The number of halogens is 1. The molecule has 1 aliphatic heterocycles. The van der Waals surface area contributed by atoms with Crippen LogP contribution in [0.25, 0.3) is 17.0 Å². The summed E-state index contributed by atoms with van der Waals surface area (Å²) in [4.78, 5) is 39.6. The van der Waals surface area contributed by atoms with E-state index < -0.39 is 11.1 Å². The lowest BCUT2D eigenvalue weighted by Gasteiger charge is -2.11. The largest absolute Gasteiger partial charge is 0.492 e. The summed E-state index contributed by atoms with van der Waals surface area (Å²) in [5.41, 5.74) is 2.28. The van der Waals surface area contributed by atoms with Crippen LogP contribution < -0.4 is 4.74 Å². The van der Waals surface area contributed by atoms with Crippen LogP contribution in [0.15, 0.2) is 94.4 Å². The summed E-state index contributed by atoms with van der Waals surface area (Å²) in [5, 5.41) is 0.520. The van der Waals surface area contributed by atoms with Gasteiger partial charge in [0.2, 0.25) is 0 Å². The summed E-state index contributed by atoms with van der Waals surface area (Å²) in [6, 6.07) is 24.4. The van der Waals surface area contributed by atoms with Crippen LogP contribution in [-0.2, 0) is 11.3 Å². The van der Waals surface area contributed by atoms with Crippen molar-refractivity contribution < 1.29 is 19.1 Å². The average Bonchev–Trinajstić information content (AvgIpc) is 3.37. The number of thioether (sulfide) groups is 1. The van der Waals surface area contributed by atoms with E-state index in [2.05, 4.69) is 20.5 Å². The second-order valence-electron chi connectivity index (χ2n) is 8.15. The Morgan fingerprint density at radius 2 is 1.67 bits per heavy atom. The molecule has 0 aliphatic carbocycles. The molecule has 1 aromatic heterocycles. The van der Waals surface area contributed by atoms with Crippen LogP contribution in [0, 0.1) is 0 Å². The van der Waals surface area contributed by atoms with E-state index in [4.69, 9.17) is 4.74 Å². The highest BCUT2D eigenvalue weighted by atomic mass is 79.9. The number of carbonyl (C=O) groups excluding carboxylic acids is 3. The summed E-state index contributed by atoms with van der Waals surface area (Å²) in [6.07, 6.45) is 3.69. The van der Waals surface area contributed by atoms with Gasteiger partial charge in [-0.25, -0.2) is 0 Å². The first-order chi connectivity index (χ1) is 17.5. The van der Waals surface area contributed by atoms with Crippen molar-refractivity contribution in [2.24, 2.45) is 0 Å². The lowest BCUT2D eigenvalue weighted by atomic mass is 10.1. The van der Waals surface area contributed by atoms with Gasteiger partial charge in [-0.3, -0.25) is 19.3 Å². The van der Waals surface area contributed by atoms with Gasteiger partial charge in [-0.05, 0) is 48.2 Å². The first-order valence-electron chi connectivity index (χ1n) is 11.3. The molecule has 36 heavy (non-hydrogen) atoms. The van der Waals surface area contributed by atoms with Gasteiger partial charge in [-0.1, -0.05) is 64.5 Å². The molecule has 180 valence electrons. The predicted octanol–water partition coefficient (Wildman–Crippen LogP) is 6.40. The van der Waals surface area contributed by atoms with Gasteiger partial charge in [-0.15, -0.1) is 0 Å². The zero-order valence-electron chi connectivity index (χ0n) is 19.1. The van der Waals surface area contributed by atoms with Crippen LogP contribution in [-0.4, -0.2) is 39.5 Å². The van der Waals surface area contributed by atoms with Gasteiger partial charge in [0.1, 0.15) is 12.4 Å². The summed E-state index contributed by atoms with van der Waals surface area (Å²) in [7, 11) is 0. The van der Waals surface area contributed by atoms with Gasteiger partial charge in [0, 0.05) is 32.7 Å². The molecule has 5 rings (SSSR count). The first kappa shape index (κ1) is 24.1. The quantitative estimate of drug-likeness (QED) is 0.184. The Balaban J connectivity index is 1.34. The molecule has 8 heteroatoms. The molecule has 3 aromatic carbocycles. The van der Waals surface area contributed by atoms with Crippen molar-refractivity contribution in [3.63, 3.8) is 0 Å². The van der Waals surface area contributed by atoms with Gasteiger partial charge in [0.05, 0.1) is 18.0 Å². The number of ketones is 1. The molecule has 6 nitrogen and oxygen atoms in total. The van der Waals surface area contributed by atoms with E-state index in [1.54, 1.807) is 30.3 Å². The van der Waals surface area contributed by atoms with Crippen LogP contribution in [0.2, 0.25) is 0 Å². The Morgan fingerprint density at radius 3 is 2.44 bits per heavy atom. The maximum Gasteiger partial charge on any atom is 0.293 e. The second kappa shape index (κ2) is 10.6. The number of ether oxygens (including phenoxy) is 1. The zero-order valence-corrected chi connectivity index (χ0v) is 21.5. The van der Waals surface area contributed by atoms with E-state index in [1.807, 2.05) is 60.8 Å². The fourth-order valence-corrected chi connectivity index (χ4v) is 5.10. The number of hydrogen-bond acceptors (Lipinski definition) is 5. The van der Waals surface area contributed by atoms with Crippen molar-refractivity contribution in [2.45, 2.75) is 6.54 Å². The third-order valence-corrected chi connectivity index (χ3v) is 7.23. The third-order valence-electron chi connectivity index (χ3n) is 5.79. The maximum atomic E-state index is 13.0. The highest BCUT2D eigenvalue weighted by molar-refractivity contribution is 9.10. The van der Waals surface area contributed by atoms with Gasteiger partial charge >= 0.3 is 0 Å². The molecular formula is C28H21BrN2O4S. The number of amides is 2. The van der Waals surface area contributed by atoms with Crippen LogP contribution in [0.1, 0.15) is 15.9 Å². The zero-order chi connectivity index (χ0) is 25.1. The molecule has 1 saturated heterocycles. The molecule has 0 N–H and O–H groups in total. The van der Waals surface area contributed by atoms with E-state index in [0.717, 1.165) is 43.4 Å². The summed E-state index contributed by atoms with van der Waals surface area (Å²) < 4.78 is 8.77.